The molecular weight excluding hydrogens is 264 g/mol. The third-order valence-corrected chi connectivity index (χ3v) is 3.83. The molecule has 0 saturated carbocycles. The predicted molar refractivity (Wildman–Crippen MR) is 83.8 cm³/mol. The first-order chi connectivity index (χ1) is 10.4. The van der Waals surface area contributed by atoms with Gasteiger partial charge in [-0.1, -0.05) is 0 Å². The highest BCUT2D eigenvalue weighted by Crippen LogP contribution is 2.20. The third kappa shape index (κ3) is 3.36. The van der Waals surface area contributed by atoms with Crippen LogP contribution in [0.2, 0.25) is 0 Å². The van der Waals surface area contributed by atoms with E-state index in [1.165, 1.54) is 5.69 Å². The first-order valence-electron chi connectivity index (χ1n) is 7.55. The molecule has 1 aromatic carbocycles. The number of nitrogens with zero attached hydrogens (tertiary/aromatic N) is 3. The van der Waals surface area contributed by atoms with Gasteiger partial charge in [-0.25, -0.2) is 4.98 Å². The molecule has 0 aliphatic carbocycles. The van der Waals surface area contributed by atoms with Crippen LogP contribution in [0, 0.1) is 0 Å². The Morgan fingerprint density at radius 3 is 2.67 bits per heavy atom. The monoisotopic (exact) mass is 286 g/mol. The van der Waals surface area contributed by atoms with Gasteiger partial charge in [0.15, 0.2) is 0 Å². The Labute approximate surface area is 125 Å². The summed E-state index contributed by atoms with van der Waals surface area (Å²) in [6, 6.07) is 8.34. The first kappa shape index (κ1) is 13.9. The molecule has 5 nitrogen and oxygen atoms in total. The number of ether oxygens (including phenoxy) is 1. The van der Waals surface area contributed by atoms with Crippen molar-refractivity contribution in [1.29, 1.82) is 0 Å². The van der Waals surface area contributed by atoms with Gasteiger partial charge in [-0.05, 0) is 31.2 Å². The number of anilines is 1. The van der Waals surface area contributed by atoms with Crippen molar-refractivity contribution in [3.05, 3.63) is 42.5 Å². The lowest BCUT2D eigenvalue weighted by Crippen LogP contribution is -2.43. The Morgan fingerprint density at radius 2 is 1.95 bits per heavy atom. The van der Waals surface area contributed by atoms with Crippen molar-refractivity contribution in [2.75, 3.05) is 31.1 Å². The topological polar surface area (TPSA) is 42.3 Å². The standard InChI is InChI=1S/C16H22N4O/c1-2-19-12-9-18-16(19)13-21-15-5-3-14(4-6-15)20-10-7-17-8-11-20/h3-6,9,12,17H,2,7-8,10-11,13H2,1H3. The van der Waals surface area contributed by atoms with E-state index in [9.17, 15) is 0 Å². The molecular formula is C16H22N4O. The van der Waals surface area contributed by atoms with Crippen LogP contribution in [0.1, 0.15) is 12.7 Å². The number of aryl methyl sites for hydroxylation is 1. The Morgan fingerprint density at radius 1 is 1.19 bits per heavy atom. The molecule has 0 bridgehead atoms. The van der Waals surface area contributed by atoms with Crippen molar-refractivity contribution in [2.45, 2.75) is 20.1 Å². The fourth-order valence-electron chi connectivity index (χ4n) is 2.59. The molecule has 0 amide bonds. The third-order valence-electron chi connectivity index (χ3n) is 3.83. The minimum absolute atomic E-state index is 0.508. The second-order valence-electron chi connectivity index (χ2n) is 5.15. The summed E-state index contributed by atoms with van der Waals surface area (Å²) in [5, 5.41) is 3.37. The van der Waals surface area contributed by atoms with Crippen molar-refractivity contribution in [2.24, 2.45) is 0 Å². The SMILES string of the molecule is CCn1ccnc1COc1ccc(N2CCNCC2)cc1. The van der Waals surface area contributed by atoms with Gasteiger partial charge in [0, 0.05) is 50.8 Å². The molecule has 3 rings (SSSR count). The van der Waals surface area contributed by atoms with E-state index in [2.05, 4.69) is 38.8 Å². The van der Waals surface area contributed by atoms with Gasteiger partial charge in [-0.2, -0.15) is 0 Å². The molecule has 1 aliphatic heterocycles. The predicted octanol–water partition coefficient (Wildman–Crippen LogP) is 1.89. The number of benzene rings is 1. The molecule has 0 unspecified atom stereocenters. The maximum Gasteiger partial charge on any atom is 0.146 e. The van der Waals surface area contributed by atoms with Crippen LogP contribution in [0.15, 0.2) is 36.7 Å². The largest absolute Gasteiger partial charge is 0.486 e. The first-order valence-corrected chi connectivity index (χ1v) is 7.55. The molecule has 1 aliphatic rings. The van der Waals surface area contributed by atoms with Gasteiger partial charge in [0.25, 0.3) is 0 Å². The maximum atomic E-state index is 5.82. The smallest absolute Gasteiger partial charge is 0.146 e. The normalized spacial score (nSPS) is 15.2. The second-order valence-corrected chi connectivity index (χ2v) is 5.15. The van der Waals surface area contributed by atoms with E-state index < -0.39 is 0 Å². The summed E-state index contributed by atoms with van der Waals surface area (Å²) in [5.74, 6) is 1.85. The molecule has 0 spiro atoms. The second kappa shape index (κ2) is 6.63. The van der Waals surface area contributed by atoms with Gasteiger partial charge in [-0.15, -0.1) is 0 Å². The van der Waals surface area contributed by atoms with E-state index in [0.29, 0.717) is 6.61 Å². The number of imidazole rings is 1. The average molecular weight is 286 g/mol. The van der Waals surface area contributed by atoms with Crippen LogP contribution in [0.5, 0.6) is 5.75 Å². The number of rotatable bonds is 5. The summed E-state index contributed by atoms with van der Waals surface area (Å²) in [6.07, 6.45) is 3.79. The van der Waals surface area contributed by atoms with Crippen molar-refractivity contribution in [1.82, 2.24) is 14.9 Å². The molecule has 1 aromatic heterocycles. The van der Waals surface area contributed by atoms with E-state index in [1.54, 1.807) is 0 Å². The van der Waals surface area contributed by atoms with Gasteiger partial charge >= 0.3 is 0 Å². The highest BCUT2D eigenvalue weighted by atomic mass is 16.5. The summed E-state index contributed by atoms with van der Waals surface area (Å²) in [6.45, 7) is 7.76. The number of nitrogens with one attached hydrogen (secondary N) is 1. The molecule has 5 heteroatoms. The molecule has 1 N–H and O–H groups in total. The lowest BCUT2D eigenvalue weighted by atomic mass is 10.2. The number of piperazine rings is 1. The Kier molecular flexibility index (Phi) is 4.40. The van der Waals surface area contributed by atoms with Gasteiger partial charge in [0.05, 0.1) is 0 Å². The number of hydrogen-bond donors (Lipinski definition) is 1. The van der Waals surface area contributed by atoms with Crippen LogP contribution in [-0.2, 0) is 13.2 Å². The molecule has 2 aromatic rings. The summed E-state index contributed by atoms with van der Waals surface area (Å²) in [7, 11) is 0. The molecule has 1 fully saturated rings. The molecule has 21 heavy (non-hydrogen) atoms. The van der Waals surface area contributed by atoms with Crippen LogP contribution < -0.4 is 15.0 Å². The lowest BCUT2D eigenvalue weighted by molar-refractivity contribution is 0.290. The summed E-state index contributed by atoms with van der Waals surface area (Å²) >= 11 is 0. The quantitative estimate of drug-likeness (QED) is 0.911. The van der Waals surface area contributed by atoms with Gasteiger partial charge in [0.2, 0.25) is 0 Å². The summed E-state index contributed by atoms with van der Waals surface area (Å²) < 4.78 is 7.91. The zero-order chi connectivity index (χ0) is 14.5. The highest BCUT2D eigenvalue weighted by molar-refractivity contribution is 5.49. The van der Waals surface area contributed by atoms with E-state index in [0.717, 1.165) is 44.3 Å². The van der Waals surface area contributed by atoms with E-state index in [4.69, 9.17) is 4.74 Å². The van der Waals surface area contributed by atoms with E-state index in [-0.39, 0.29) is 0 Å². The molecule has 0 atom stereocenters. The minimum atomic E-state index is 0.508. The van der Waals surface area contributed by atoms with Crippen LogP contribution in [0.3, 0.4) is 0 Å². The molecule has 1 saturated heterocycles. The zero-order valence-electron chi connectivity index (χ0n) is 12.5. The fourth-order valence-corrected chi connectivity index (χ4v) is 2.59. The van der Waals surface area contributed by atoms with Crippen LogP contribution in [0.4, 0.5) is 5.69 Å². The van der Waals surface area contributed by atoms with Crippen molar-refractivity contribution >= 4 is 5.69 Å². The van der Waals surface area contributed by atoms with Gasteiger partial charge in [-0.3, -0.25) is 0 Å². The average Bonchev–Trinajstić information content (AvgIpc) is 3.02. The number of hydrogen-bond acceptors (Lipinski definition) is 4. The summed E-state index contributed by atoms with van der Waals surface area (Å²) in [5.41, 5.74) is 1.26. The summed E-state index contributed by atoms with van der Waals surface area (Å²) in [4.78, 5) is 6.71. The maximum absolute atomic E-state index is 5.82. The molecule has 112 valence electrons. The molecule has 2 heterocycles. The lowest BCUT2D eigenvalue weighted by Gasteiger charge is -2.29. The Hall–Kier alpha value is -2.01. The zero-order valence-corrected chi connectivity index (χ0v) is 12.5. The molecule has 0 radical (unpaired) electrons. The van der Waals surface area contributed by atoms with Crippen molar-refractivity contribution in [3.8, 4) is 5.75 Å². The van der Waals surface area contributed by atoms with E-state index >= 15 is 0 Å². The van der Waals surface area contributed by atoms with Crippen molar-refractivity contribution in [3.63, 3.8) is 0 Å². The number of aromatic nitrogens is 2. The highest BCUT2D eigenvalue weighted by Gasteiger charge is 2.10. The van der Waals surface area contributed by atoms with Gasteiger partial charge < -0.3 is 19.5 Å². The van der Waals surface area contributed by atoms with Gasteiger partial charge in [0.1, 0.15) is 18.2 Å². The van der Waals surface area contributed by atoms with Crippen LogP contribution in [0.25, 0.3) is 0 Å². The van der Waals surface area contributed by atoms with Crippen LogP contribution in [-0.4, -0.2) is 35.7 Å². The fraction of sp³-hybridized carbons (Fsp3) is 0.438. The van der Waals surface area contributed by atoms with Crippen molar-refractivity contribution < 1.29 is 4.74 Å². The minimum Gasteiger partial charge on any atom is -0.486 e. The van der Waals surface area contributed by atoms with Crippen LogP contribution >= 0.6 is 0 Å². The van der Waals surface area contributed by atoms with E-state index in [1.807, 2.05) is 24.5 Å². The Bertz CT molecular complexity index is 558. The Balaban J connectivity index is 1.59.